The van der Waals surface area contributed by atoms with Gasteiger partial charge in [-0.1, -0.05) is 42.7 Å². The third-order valence-corrected chi connectivity index (χ3v) is 7.07. The van der Waals surface area contributed by atoms with Crippen molar-refractivity contribution in [1.82, 2.24) is 9.97 Å². The minimum Gasteiger partial charge on any atom is -0.657 e. The number of rotatable bonds is 2. The van der Waals surface area contributed by atoms with Gasteiger partial charge in [0.05, 0.1) is 11.4 Å². The zero-order valence-electron chi connectivity index (χ0n) is 20.3. The van der Waals surface area contributed by atoms with Gasteiger partial charge < -0.3 is 9.40 Å². The molecule has 0 N–H and O–H groups in total. The van der Waals surface area contributed by atoms with Crippen LogP contribution in [0.25, 0.3) is 55.6 Å². The quantitative estimate of drug-likeness (QED) is 0.181. The minimum atomic E-state index is 0. The Balaban J connectivity index is 0.00000253. The first kappa shape index (κ1) is 23.4. The summed E-state index contributed by atoms with van der Waals surface area (Å²) < 4.78 is 6.17. The van der Waals surface area contributed by atoms with Crippen molar-refractivity contribution >= 4 is 33.3 Å². The Morgan fingerprint density at radius 3 is 2.37 bits per heavy atom. The van der Waals surface area contributed by atoms with Gasteiger partial charge in [-0.3, -0.25) is 0 Å². The van der Waals surface area contributed by atoms with Gasteiger partial charge in [-0.25, -0.2) is 4.98 Å². The van der Waals surface area contributed by atoms with E-state index in [1.54, 1.807) is 0 Å². The van der Waals surface area contributed by atoms with Crippen molar-refractivity contribution in [2.45, 2.75) is 40.5 Å². The maximum atomic E-state index is 6.17. The number of allylic oxidation sites excluding steroid dienone is 2. The predicted molar refractivity (Wildman–Crippen MR) is 140 cm³/mol. The third kappa shape index (κ3) is 3.87. The van der Waals surface area contributed by atoms with Crippen LogP contribution in [-0.4, -0.2) is 4.98 Å². The summed E-state index contributed by atoms with van der Waals surface area (Å²) in [5, 5.41) is 0. The van der Waals surface area contributed by atoms with Crippen LogP contribution in [-0.2, 0) is 22.9 Å². The van der Waals surface area contributed by atoms with Gasteiger partial charge in [-0.15, -0.1) is 22.2 Å². The molecule has 0 spiro atoms. The van der Waals surface area contributed by atoms with Gasteiger partial charge in [0.1, 0.15) is 11.2 Å². The smallest absolute Gasteiger partial charge is 0.657 e. The van der Waals surface area contributed by atoms with E-state index in [1.165, 1.54) is 39.0 Å². The number of hydrogen-bond donors (Lipinski definition) is 0. The molecule has 35 heavy (non-hydrogen) atoms. The molecule has 2 aliphatic rings. The zero-order valence-corrected chi connectivity index (χ0v) is 21.3. The van der Waals surface area contributed by atoms with Crippen molar-refractivity contribution in [3.8, 4) is 22.3 Å². The summed E-state index contributed by atoms with van der Waals surface area (Å²) in [6, 6.07) is 24.3. The van der Waals surface area contributed by atoms with E-state index < -0.39 is 0 Å². The first-order chi connectivity index (χ1) is 16.6. The monoisotopic (exact) mass is 500 g/mol. The summed E-state index contributed by atoms with van der Waals surface area (Å²) in [5.74, 6) is 0. The average Bonchev–Trinajstić information content (AvgIpc) is 3.56. The first-order valence-electron chi connectivity index (χ1n) is 12.0. The number of nitrogens with zero attached hydrogens (tertiary/aromatic N) is 2. The molecule has 0 radical (unpaired) electrons. The Morgan fingerprint density at radius 2 is 1.60 bits per heavy atom. The zero-order chi connectivity index (χ0) is 23.4. The van der Waals surface area contributed by atoms with Crippen LogP contribution in [0, 0.1) is 13.0 Å². The molecule has 4 heteroatoms. The normalized spacial score (nSPS) is 12.5. The van der Waals surface area contributed by atoms with Crippen LogP contribution in [0.15, 0.2) is 65.1 Å². The Kier molecular flexibility index (Phi) is 6.03. The molecular weight excluding hydrogens is 475 g/mol. The van der Waals surface area contributed by atoms with E-state index in [-0.39, 0.29) is 16.5 Å². The van der Waals surface area contributed by atoms with Gasteiger partial charge in [-0.05, 0) is 67.7 Å². The van der Waals surface area contributed by atoms with E-state index in [9.17, 15) is 0 Å². The molecule has 0 fully saturated rings. The molecule has 3 nitrogen and oxygen atoms in total. The van der Waals surface area contributed by atoms with Crippen molar-refractivity contribution in [1.29, 1.82) is 0 Å². The van der Waals surface area contributed by atoms with Crippen molar-refractivity contribution < 1.29 is 20.9 Å². The molecule has 0 unspecified atom stereocenters. The molecule has 3 aromatic heterocycles. The van der Waals surface area contributed by atoms with Crippen LogP contribution in [0.5, 0.6) is 0 Å². The summed E-state index contributed by atoms with van der Waals surface area (Å²) >= 11 is 0. The molecule has 176 valence electrons. The second-order valence-corrected chi connectivity index (χ2v) is 9.02. The number of aromatic nitrogens is 2. The SMILES string of the molecule is CCC1=C(C)c2cc3cc(cc4[n-]c(cc5ccc(cc1n2)o5)c(CC)c4C)-c1cc[c-]cc1-3.[Ni+2]. The third-order valence-electron chi connectivity index (χ3n) is 7.07. The van der Waals surface area contributed by atoms with Crippen LogP contribution in [0.4, 0.5) is 0 Å². The second kappa shape index (κ2) is 9.02. The molecule has 8 bridgehead atoms. The van der Waals surface area contributed by atoms with Crippen LogP contribution >= 0.6 is 0 Å². The Labute approximate surface area is 215 Å². The Bertz CT molecular complexity index is 1650. The molecule has 6 rings (SSSR count). The summed E-state index contributed by atoms with van der Waals surface area (Å²) in [6.07, 6.45) is 1.85. The van der Waals surface area contributed by atoms with E-state index >= 15 is 0 Å². The Hall–Kier alpha value is -3.36. The predicted octanol–water partition coefficient (Wildman–Crippen LogP) is 8.16. The first-order valence-corrected chi connectivity index (χ1v) is 12.0. The molecular formula is C31H26N2NiO. The van der Waals surface area contributed by atoms with Crippen LogP contribution < -0.4 is 4.98 Å². The van der Waals surface area contributed by atoms with E-state index in [2.05, 4.69) is 76.2 Å². The molecule has 0 saturated heterocycles. The Morgan fingerprint density at radius 1 is 0.829 bits per heavy atom. The number of furan rings is 1. The largest absolute Gasteiger partial charge is 2.00 e. The summed E-state index contributed by atoms with van der Waals surface area (Å²) in [6.45, 7) is 8.70. The van der Waals surface area contributed by atoms with Crippen LogP contribution in [0.3, 0.4) is 0 Å². The molecule has 0 amide bonds. The van der Waals surface area contributed by atoms with Crippen LogP contribution in [0.1, 0.15) is 49.7 Å². The fourth-order valence-electron chi connectivity index (χ4n) is 5.24. The molecule has 0 saturated carbocycles. The fraction of sp³-hybridized carbons (Fsp3) is 0.194. The van der Waals surface area contributed by atoms with Gasteiger partial charge in [0.15, 0.2) is 0 Å². The van der Waals surface area contributed by atoms with E-state index in [0.29, 0.717) is 0 Å². The molecule has 0 atom stereocenters. The maximum absolute atomic E-state index is 6.17. The number of aryl methyl sites for hydroxylation is 2. The molecule has 4 aromatic rings. The standard InChI is InChI=1S/C31H26N2O.Ni/c1-5-24-18(3)28-14-20-13-21(27-10-8-7-9-26(20)27)15-29-19(4)25(6-2)31(33-29)17-23-12-11-22(34-23)16-30(24)32-28;/h7,9-17H,5-6H2,1-4H3;/q-2;+2. The van der Waals surface area contributed by atoms with Crippen molar-refractivity contribution in [3.63, 3.8) is 0 Å². The van der Waals surface area contributed by atoms with Gasteiger partial charge in [0.25, 0.3) is 0 Å². The van der Waals surface area contributed by atoms with E-state index in [0.717, 1.165) is 52.0 Å². The second-order valence-electron chi connectivity index (χ2n) is 9.02. The van der Waals surface area contributed by atoms with Gasteiger partial charge in [0, 0.05) is 6.07 Å². The average molecular weight is 501 g/mol. The van der Waals surface area contributed by atoms with Crippen molar-refractivity contribution in [3.05, 3.63) is 89.2 Å². The van der Waals surface area contributed by atoms with E-state index in [4.69, 9.17) is 14.4 Å². The number of benzene rings is 1. The number of hydrogen-bond acceptors (Lipinski definition) is 2. The molecule has 4 heterocycles. The van der Waals surface area contributed by atoms with Gasteiger partial charge >= 0.3 is 16.5 Å². The molecule has 1 aromatic carbocycles. The van der Waals surface area contributed by atoms with E-state index in [1.807, 2.05) is 18.2 Å². The maximum Gasteiger partial charge on any atom is 2.00 e. The molecule has 1 aliphatic carbocycles. The summed E-state index contributed by atoms with van der Waals surface area (Å²) in [4.78, 5) is 10.0. The number of fused-ring (bicyclic) bond motifs is 11. The topological polar surface area (TPSA) is 40.1 Å². The van der Waals surface area contributed by atoms with Crippen molar-refractivity contribution in [2.24, 2.45) is 0 Å². The summed E-state index contributed by atoms with van der Waals surface area (Å²) in [5.41, 5.74) is 15.3. The summed E-state index contributed by atoms with van der Waals surface area (Å²) in [7, 11) is 0. The fourth-order valence-corrected chi connectivity index (χ4v) is 5.24. The van der Waals surface area contributed by atoms with Crippen molar-refractivity contribution in [2.75, 3.05) is 0 Å². The van der Waals surface area contributed by atoms with Gasteiger partial charge in [0.2, 0.25) is 0 Å². The van der Waals surface area contributed by atoms with Crippen LogP contribution in [0.2, 0.25) is 0 Å². The molecule has 1 aliphatic heterocycles. The minimum absolute atomic E-state index is 0. The van der Waals surface area contributed by atoms with Gasteiger partial charge in [-0.2, -0.15) is 24.3 Å².